The van der Waals surface area contributed by atoms with E-state index in [1.165, 1.54) is 0 Å². The molecule has 0 spiro atoms. The van der Waals surface area contributed by atoms with E-state index in [2.05, 4.69) is 10.3 Å². The Hall–Kier alpha value is -2.92. The molecule has 1 amide bonds. The molecule has 0 bridgehead atoms. The number of aryl methyl sites for hydroxylation is 1. The van der Waals surface area contributed by atoms with Crippen molar-refractivity contribution in [3.63, 3.8) is 0 Å². The largest absolute Gasteiger partial charge is 0.441 e. The van der Waals surface area contributed by atoms with Gasteiger partial charge in [0.05, 0.1) is 18.2 Å². The molecule has 1 atom stereocenters. The molecule has 0 aliphatic heterocycles. The molecule has 128 valence electrons. The van der Waals surface area contributed by atoms with Crippen molar-refractivity contribution in [1.82, 2.24) is 4.98 Å². The molecule has 0 saturated heterocycles. The summed E-state index contributed by atoms with van der Waals surface area (Å²) in [7, 11) is 0. The van der Waals surface area contributed by atoms with Gasteiger partial charge in [0.25, 0.3) is 0 Å². The lowest BCUT2D eigenvalue weighted by atomic mass is 9.92. The Morgan fingerprint density at radius 3 is 2.64 bits per heavy atom. The van der Waals surface area contributed by atoms with Gasteiger partial charge in [-0.2, -0.15) is 0 Å². The maximum absolute atomic E-state index is 12.3. The van der Waals surface area contributed by atoms with E-state index in [0.717, 1.165) is 11.3 Å². The van der Waals surface area contributed by atoms with Gasteiger partial charge in [-0.05, 0) is 37.6 Å². The van der Waals surface area contributed by atoms with Gasteiger partial charge in [-0.15, -0.1) is 0 Å². The molecular formula is C20H20N2O3. The van der Waals surface area contributed by atoms with Crippen LogP contribution in [0, 0.1) is 6.92 Å². The predicted octanol–water partition coefficient (Wildman–Crippen LogP) is 3.89. The van der Waals surface area contributed by atoms with Gasteiger partial charge in [-0.1, -0.05) is 36.4 Å². The van der Waals surface area contributed by atoms with Crippen LogP contribution in [0.4, 0.5) is 5.69 Å². The van der Waals surface area contributed by atoms with E-state index in [1.807, 2.05) is 37.3 Å². The Labute approximate surface area is 146 Å². The summed E-state index contributed by atoms with van der Waals surface area (Å²) in [6.07, 6.45) is 1.61. The molecule has 0 aliphatic rings. The molecule has 0 fully saturated rings. The third-order valence-electron chi connectivity index (χ3n) is 3.92. The fraction of sp³-hybridized carbons (Fsp3) is 0.200. The zero-order chi connectivity index (χ0) is 17.9. The quantitative estimate of drug-likeness (QED) is 0.741. The smallest absolute Gasteiger partial charge is 0.227 e. The summed E-state index contributed by atoms with van der Waals surface area (Å²) in [6.45, 7) is 3.46. The van der Waals surface area contributed by atoms with Gasteiger partial charge in [0.2, 0.25) is 11.8 Å². The third kappa shape index (κ3) is 4.14. The lowest BCUT2D eigenvalue weighted by molar-refractivity contribution is -0.120. The first kappa shape index (κ1) is 16.9. The van der Waals surface area contributed by atoms with E-state index in [1.54, 1.807) is 37.4 Å². The van der Waals surface area contributed by atoms with Crippen molar-refractivity contribution in [2.75, 3.05) is 5.32 Å². The first-order valence-corrected chi connectivity index (χ1v) is 8.05. The summed E-state index contributed by atoms with van der Waals surface area (Å²) in [5.74, 6) is 0.961. The first-order chi connectivity index (χ1) is 11.9. The van der Waals surface area contributed by atoms with Gasteiger partial charge < -0.3 is 14.8 Å². The molecule has 0 radical (unpaired) electrons. The second kappa shape index (κ2) is 6.91. The topological polar surface area (TPSA) is 75.4 Å². The summed E-state index contributed by atoms with van der Waals surface area (Å²) in [4.78, 5) is 16.5. The van der Waals surface area contributed by atoms with Crippen LogP contribution in [0.2, 0.25) is 0 Å². The fourth-order valence-electron chi connectivity index (χ4n) is 2.64. The Bertz CT molecular complexity index is 869. The number of aliphatic hydroxyl groups is 1. The van der Waals surface area contributed by atoms with E-state index in [4.69, 9.17) is 4.42 Å². The molecule has 0 saturated carbocycles. The maximum Gasteiger partial charge on any atom is 0.227 e. The lowest BCUT2D eigenvalue weighted by Gasteiger charge is -2.23. The molecule has 2 N–H and O–H groups in total. The van der Waals surface area contributed by atoms with Crippen LogP contribution in [-0.2, 0) is 10.4 Å². The molecule has 1 aromatic heterocycles. The van der Waals surface area contributed by atoms with Gasteiger partial charge in [0.15, 0.2) is 0 Å². The number of hydrogen-bond acceptors (Lipinski definition) is 4. The Balaban J connectivity index is 1.71. The van der Waals surface area contributed by atoms with E-state index in [-0.39, 0.29) is 12.3 Å². The van der Waals surface area contributed by atoms with Crippen molar-refractivity contribution in [2.45, 2.75) is 25.9 Å². The molecule has 25 heavy (non-hydrogen) atoms. The van der Waals surface area contributed by atoms with Crippen LogP contribution >= 0.6 is 0 Å². The summed E-state index contributed by atoms with van der Waals surface area (Å²) in [5, 5.41) is 13.4. The summed E-state index contributed by atoms with van der Waals surface area (Å²) in [5.41, 5.74) is 0.875. The third-order valence-corrected chi connectivity index (χ3v) is 3.92. The Morgan fingerprint density at radius 2 is 1.96 bits per heavy atom. The van der Waals surface area contributed by atoms with E-state index >= 15 is 0 Å². The highest BCUT2D eigenvalue weighted by Gasteiger charge is 2.26. The summed E-state index contributed by atoms with van der Waals surface area (Å²) >= 11 is 0. The standard InChI is InChI=1S/C20H20N2O3/c1-14-13-21-19(25-14)15-7-6-10-17(11-15)22-18(23)12-20(2,24)16-8-4-3-5-9-16/h3-11,13,24H,12H2,1-2H3,(H,22,23). The predicted molar refractivity (Wildman–Crippen MR) is 95.9 cm³/mol. The minimum absolute atomic E-state index is 0.0423. The van der Waals surface area contributed by atoms with Crippen LogP contribution in [0.15, 0.2) is 65.2 Å². The SMILES string of the molecule is Cc1cnc(-c2cccc(NC(=O)CC(C)(O)c3ccccc3)c2)o1. The number of hydrogen-bond donors (Lipinski definition) is 2. The average Bonchev–Trinajstić information content (AvgIpc) is 3.02. The minimum Gasteiger partial charge on any atom is -0.441 e. The van der Waals surface area contributed by atoms with Gasteiger partial charge in [0.1, 0.15) is 5.76 Å². The van der Waals surface area contributed by atoms with Crippen molar-refractivity contribution >= 4 is 11.6 Å². The molecule has 5 nitrogen and oxygen atoms in total. The number of carbonyl (C=O) groups is 1. The number of nitrogens with one attached hydrogen (secondary N) is 1. The van der Waals surface area contributed by atoms with Gasteiger partial charge in [-0.25, -0.2) is 4.98 Å². The van der Waals surface area contributed by atoms with Crippen molar-refractivity contribution in [3.05, 3.63) is 72.1 Å². The monoisotopic (exact) mass is 336 g/mol. The number of nitrogens with zero attached hydrogens (tertiary/aromatic N) is 1. The van der Waals surface area contributed by atoms with E-state index < -0.39 is 5.60 Å². The van der Waals surface area contributed by atoms with Gasteiger partial charge in [0, 0.05) is 11.3 Å². The molecule has 2 aromatic carbocycles. The second-order valence-corrected chi connectivity index (χ2v) is 6.22. The number of rotatable bonds is 5. The number of carbonyl (C=O) groups excluding carboxylic acids is 1. The number of aromatic nitrogens is 1. The van der Waals surface area contributed by atoms with E-state index in [9.17, 15) is 9.90 Å². The molecule has 3 aromatic rings. The molecule has 0 aliphatic carbocycles. The van der Waals surface area contributed by atoms with Crippen LogP contribution in [0.25, 0.3) is 11.5 Å². The molecule has 5 heteroatoms. The van der Waals surface area contributed by atoms with Crippen molar-refractivity contribution < 1.29 is 14.3 Å². The number of anilines is 1. The molecule has 3 rings (SSSR count). The van der Waals surface area contributed by atoms with Gasteiger partial charge >= 0.3 is 0 Å². The van der Waals surface area contributed by atoms with Crippen LogP contribution in [0.3, 0.4) is 0 Å². The first-order valence-electron chi connectivity index (χ1n) is 8.05. The van der Waals surface area contributed by atoms with Crippen LogP contribution in [-0.4, -0.2) is 16.0 Å². The Morgan fingerprint density at radius 1 is 1.20 bits per heavy atom. The highest BCUT2D eigenvalue weighted by atomic mass is 16.4. The lowest BCUT2D eigenvalue weighted by Crippen LogP contribution is -2.28. The van der Waals surface area contributed by atoms with Crippen molar-refractivity contribution in [2.24, 2.45) is 0 Å². The number of oxazole rings is 1. The number of amides is 1. The van der Waals surface area contributed by atoms with Crippen LogP contribution in [0.1, 0.15) is 24.7 Å². The van der Waals surface area contributed by atoms with Crippen molar-refractivity contribution in [1.29, 1.82) is 0 Å². The Kier molecular flexibility index (Phi) is 4.67. The molecular weight excluding hydrogens is 316 g/mol. The zero-order valence-corrected chi connectivity index (χ0v) is 14.2. The minimum atomic E-state index is -1.23. The summed E-state index contributed by atoms with van der Waals surface area (Å²) < 4.78 is 5.50. The molecule has 1 heterocycles. The van der Waals surface area contributed by atoms with Crippen molar-refractivity contribution in [3.8, 4) is 11.5 Å². The maximum atomic E-state index is 12.3. The number of benzene rings is 2. The highest BCUT2D eigenvalue weighted by molar-refractivity contribution is 5.92. The van der Waals surface area contributed by atoms with Crippen LogP contribution in [0.5, 0.6) is 0 Å². The molecule has 1 unspecified atom stereocenters. The van der Waals surface area contributed by atoms with E-state index in [0.29, 0.717) is 17.1 Å². The normalized spacial score (nSPS) is 13.2. The zero-order valence-electron chi connectivity index (χ0n) is 14.2. The second-order valence-electron chi connectivity index (χ2n) is 6.22. The fourth-order valence-corrected chi connectivity index (χ4v) is 2.64. The van der Waals surface area contributed by atoms with Gasteiger partial charge in [-0.3, -0.25) is 4.79 Å². The van der Waals surface area contributed by atoms with Crippen LogP contribution < -0.4 is 5.32 Å². The summed E-state index contributed by atoms with van der Waals surface area (Å²) in [6, 6.07) is 16.4. The average molecular weight is 336 g/mol. The highest BCUT2D eigenvalue weighted by Crippen LogP contribution is 2.26.